The molecule has 0 saturated heterocycles. The predicted molar refractivity (Wildman–Crippen MR) is 83.6 cm³/mol. The third-order valence-corrected chi connectivity index (χ3v) is 3.33. The molecule has 0 heterocycles. The summed E-state index contributed by atoms with van der Waals surface area (Å²) in [7, 11) is 3.95. The van der Waals surface area contributed by atoms with Gasteiger partial charge in [0.25, 0.3) is 0 Å². The van der Waals surface area contributed by atoms with E-state index < -0.39 is 5.97 Å². The summed E-state index contributed by atoms with van der Waals surface area (Å²) in [5, 5.41) is 8.85. The number of aliphatic carboxylic acids is 1. The zero-order valence-electron chi connectivity index (χ0n) is 13.2. The number of anilines is 1. The molecule has 0 fully saturated rings. The number of carbonyl (C=O) groups excluding carboxylic acids is 1. The molecule has 0 aliphatic heterocycles. The molecule has 0 aliphatic rings. The second kappa shape index (κ2) is 7.67. The number of hydrogen-bond donors (Lipinski definition) is 1. The Morgan fingerprint density at radius 3 is 2.14 bits per heavy atom. The van der Waals surface area contributed by atoms with Crippen LogP contribution in [0.25, 0.3) is 0 Å². The van der Waals surface area contributed by atoms with E-state index in [-0.39, 0.29) is 18.5 Å². The minimum atomic E-state index is -0.979. The first-order valence-electron chi connectivity index (χ1n) is 7.08. The van der Waals surface area contributed by atoms with Crippen molar-refractivity contribution in [2.75, 3.05) is 25.5 Å². The van der Waals surface area contributed by atoms with Gasteiger partial charge in [0.15, 0.2) is 0 Å². The van der Waals surface area contributed by atoms with Crippen molar-refractivity contribution >= 4 is 17.6 Å². The molecule has 5 heteroatoms. The van der Waals surface area contributed by atoms with Crippen LogP contribution in [0.2, 0.25) is 0 Å². The van der Waals surface area contributed by atoms with Crippen LogP contribution in [0.4, 0.5) is 5.69 Å². The normalized spacial score (nSPS) is 10.5. The van der Waals surface area contributed by atoms with Crippen LogP contribution in [0.1, 0.15) is 25.8 Å². The Balaban J connectivity index is 2.60. The lowest BCUT2D eigenvalue weighted by Gasteiger charge is -2.25. The Bertz CT molecular complexity index is 481. The number of benzene rings is 1. The lowest BCUT2D eigenvalue weighted by Crippen LogP contribution is -2.40. The molecule has 1 N–H and O–H groups in total. The summed E-state index contributed by atoms with van der Waals surface area (Å²) < 4.78 is 0. The molecule has 5 nitrogen and oxygen atoms in total. The molecule has 21 heavy (non-hydrogen) atoms. The molecule has 0 aliphatic carbocycles. The molecule has 1 aromatic rings. The first kappa shape index (κ1) is 17.0. The van der Waals surface area contributed by atoms with Crippen molar-refractivity contribution in [3.05, 3.63) is 29.8 Å². The van der Waals surface area contributed by atoms with Crippen LogP contribution in [0.15, 0.2) is 24.3 Å². The molecule has 0 aromatic heterocycles. The van der Waals surface area contributed by atoms with Gasteiger partial charge in [0.1, 0.15) is 6.54 Å². The number of hydrogen-bond acceptors (Lipinski definition) is 3. The fourth-order valence-electron chi connectivity index (χ4n) is 2.06. The number of carbonyl (C=O) groups is 2. The van der Waals surface area contributed by atoms with E-state index in [1.54, 1.807) is 0 Å². The van der Waals surface area contributed by atoms with Gasteiger partial charge in [-0.2, -0.15) is 0 Å². The van der Waals surface area contributed by atoms with Crippen LogP contribution in [-0.4, -0.2) is 48.6 Å². The molecule has 0 saturated carbocycles. The summed E-state index contributed by atoms with van der Waals surface area (Å²) in [6, 6.07) is 7.91. The molecular weight excluding hydrogens is 268 g/mol. The van der Waals surface area contributed by atoms with Gasteiger partial charge in [0.2, 0.25) is 5.91 Å². The third-order valence-electron chi connectivity index (χ3n) is 3.33. The molecule has 0 radical (unpaired) electrons. The van der Waals surface area contributed by atoms with Gasteiger partial charge in [-0.25, -0.2) is 0 Å². The second-order valence-electron chi connectivity index (χ2n) is 5.57. The Morgan fingerprint density at radius 1 is 1.14 bits per heavy atom. The van der Waals surface area contributed by atoms with Crippen LogP contribution in [0.3, 0.4) is 0 Å². The summed E-state index contributed by atoms with van der Waals surface area (Å²) in [5.74, 6) is -1.10. The van der Waals surface area contributed by atoms with Crippen LogP contribution < -0.4 is 4.90 Å². The molecule has 1 aromatic carbocycles. The van der Waals surface area contributed by atoms with Crippen LogP contribution in [0, 0.1) is 0 Å². The average Bonchev–Trinajstić information content (AvgIpc) is 2.42. The minimum absolute atomic E-state index is 0.107. The van der Waals surface area contributed by atoms with Gasteiger partial charge < -0.3 is 14.9 Å². The van der Waals surface area contributed by atoms with E-state index in [0.29, 0.717) is 12.8 Å². The van der Waals surface area contributed by atoms with E-state index in [9.17, 15) is 9.59 Å². The fraction of sp³-hybridized carbons (Fsp3) is 0.500. The van der Waals surface area contributed by atoms with Crippen molar-refractivity contribution in [2.45, 2.75) is 32.7 Å². The van der Waals surface area contributed by atoms with Gasteiger partial charge in [-0.1, -0.05) is 12.1 Å². The zero-order chi connectivity index (χ0) is 16.0. The minimum Gasteiger partial charge on any atom is -0.480 e. The molecule has 0 bridgehead atoms. The first-order chi connectivity index (χ1) is 9.81. The molecule has 1 rings (SSSR count). The van der Waals surface area contributed by atoms with E-state index in [1.807, 2.05) is 57.1 Å². The topological polar surface area (TPSA) is 60.9 Å². The third kappa shape index (κ3) is 5.45. The van der Waals surface area contributed by atoms with Crippen LogP contribution in [0.5, 0.6) is 0 Å². The van der Waals surface area contributed by atoms with Crippen molar-refractivity contribution in [1.29, 1.82) is 0 Å². The maximum atomic E-state index is 12.1. The fourth-order valence-corrected chi connectivity index (χ4v) is 2.06. The molecule has 1 amide bonds. The van der Waals surface area contributed by atoms with Crippen molar-refractivity contribution < 1.29 is 14.7 Å². The monoisotopic (exact) mass is 292 g/mol. The highest BCUT2D eigenvalue weighted by Gasteiger charge is 2.19. The summed E-state index contributed by atoms with van der Waals surface area (Å²) in [5.41, 5.74) is 2.19. The number of rotatable bonds is 7. The maximum absolute atomic E-state index is 12.1. The SMILES string of the molecule is CC(C)N(CC(=O)O)C(=O)CCc1ccc(N(C)C)cc1. The summed E-state index contributed by atoms with van der Waals surface area (Å²) in [4.78, 5) is 26.3. The van der Waals surface area contributed by atoms with E-state index >= 15 is 0 Å². The van der Waals surface area contributed by atoms with E-state index in [4.69, 9.17) is 5.11 Å². The summed E-state index contributed by atoms with van der Waals surface area (Å²) in [6.07, 6.45) is 0.947. The maximum Gasteiger partial charge on any atom is 0.323 e. The standard InChI is InChI=1S/C16H24N2O3/c1-12(2)18(11-16(20)21)15(19)10-7-13-5-8-14(9-6-13)17(3)4/h5-6,8-9,12H,7,10-11H2,1-4H3,(H,20,21). The van der Waals surface area contributed by atoms with Crippen molar-refractivity contribution in [3.8, 4) is 0 Å². The van der Waals surface area contributed by atoms with Crippen molar-refractivity contribution in [1.82, 2.24) is 4.90 Å². The van der Waals surface area contributed by atoms with Gasteiger partial charge in [-0.05, 0) is 38.0 Å². The number of nitrogens with zero attached hydrogens (tertiary/aromatic N) is 2. The molecule has 116 valence electrons. The Labute approximate surface area is 126 Å². The highest BCUT2D eigenvalue weighted by molar-refractivity contribution is 5.81. The van der Waals surface area contributed by atoms with Crippen molar-refractivity contribution in [2.24, 2.45) is 0 Å². The smallest absolute Gasteiger partial charge is 0.323 e. The largest absolute Gasteiger partial charge is 0.480 e. The Morgan fingerprint density at radius 2 is 1.71 bits per heavy atom. The second-order valence-corrected chi connectivity index (χ2v) is 5.57. The van der Waals surface area contributed by atoms with E-state index in [0.717, 1.165) is 11.3 Å². The molecule has 0 unspecified atom stereocenters. The summed E-state index contributed by atoms with van der Waals surface area (Å²) in [6.45, 7) is 3.41. The van der Waals surface area contributed by atoms with Gasteiger partial charge in [0, 0.05) is 32.2 Å². The Hall–Kier alpha value is -2.04. The van der Waals surface area contributed by atoms with Crippen molar-refractivity contribution in [3.63, 3.8) is 0 Å². The predicted octanol–water partition coefficient (Wildman–Crippen LogP) is 2.01. The van der Waals surface area contributed by atoms with Gasteiger partial charge >= 0.3 is 5.97 Å². The highest BCUT2D eigenvalue weighted by atomic mass is 16.4. The lowest BCUT2D eigenvalue weighted by molar-refractivity contribution is -0.145. The summed E-state index contributed by atoms with van der Waals surface area (Å²) >= 11 is 0. The number of aryl methyl sites for hydroxylation is 1. The first-order valence-corrected chi connectivity index (χ1v) is 7.08. The quantitative estimate of drug-likeness (QED) is 0.835. The average molecular weight is 292 g/mol. The lowest BCUT2D eigenvalue weighted by atomic mass is 10.1. The van der Waals surface area contributed by atoms with E-state index in [1.165, 1.54) is 4.90 Å². The van der Waals surface area contributed by atoms with Crippen LogP contribution in [-0.2, 0) is 16.0 Å². The number of carboxylic acid groups (broad SMARTS) is 1. The Kier molecular flexibility index (Phi) is 6.21. The number of amides is 1. The zero-order valence-corrected chi connectivity index (χ0v) is 13.2. The van der Waals surface area contributed by atoms with Gasteiger partial charge in [-0.3, -0.25) is 9.59 Å². The highest BCUT2D eigenvalue weighted by Crippen LogP contribution is 2.14. The van der Waals surface area contributed by atoms with Gasteiger partial charge in [0.05, 0.1) is 0 Å². The molecule has 0 spiro atoms. The molecule has 0 atom stereocenters. The van der Waals surface area contributed by atoms with Crippen LogP contribution >= 0.6 is 0 Å². The van der Waals surface area contributed by atoms with E-state index in [2.05, 4.69) is 0 Å². The number of carboxylic acids is 1. The van der Waals surface area contributed by atoms with Gasteiger partial charge in [-0.15, -0.1) is 0 Å². The molecular formula is C16H24N2O3.